The van der Waals surface area contributed by atoms with Crippen LogP contribution in [0.4, 0.5) is 0 Å². The molecule has 0 amide bonds. The molecule has 0 bridgehead atoms. The van der Waals surface area contributed by atoms with Crippen LogP contribution >= 0.6 is 0 Å². The van der Waals surface area contributed by atoms with Crippen molar-refractivity contribution in [1.29, 1.82) is 0 Å². The molecule has 0 aliphatic heterocycles. The van der Waals surface area contributed by atoms with Gasteiger partial charge < -0.3 is 10.1 Å². The van der Waals surface area contributed by atoms with Gasteiger partial charge in [-0.3, -0.25) is 0 Å². The monoisotopic (exact) mass is 260 g/mol. The number of aryl methyl sites for hydroxylation is 1. The zero-order chi connectivity index (χ0) is 13.7. The largest absolute Gasteiger partial charge is 0.497 e. The van der Waals surface area contributed by atoms with Gasteiger partial charge in [-0.2, -0.15) is 5.10 Å². The number of rotatable bonds is 6. The fourth-order valence-electron chi connectivity index (χ4n) is 1.94. The van der Waals surface area contributed by atoms with Crippen molar-refractivity contribution in [3.05, 3.63) is 42.0 Å². The summed E-state index contributed by atoms with van der Waals surface area (Å²) in [4.78, 5) is 4.25. The van der Waals surface area contributed by atoms with Gasteiger partial charge in [-0.05, 0) is 31.5 Å². The Kier molecular flexibility index (Phi) is 4.52. The number of aromatic nitrogens is 3. The molecule has 1 atom stereocenters. The van der Waals surface area contributed by atoms with Gasteiger partial charge in [0.2, 0.25) is 0 Å². The molecule has 0 saturated carbocycles. The third-order valence-electron chi connectivity index (χ3n) is 3.18. The van der Waals surface area contributed by atoms with E-state index in [0.29, 0.717) is 6.54 Å². The molecule has 0 spiro atoms. The van der Waals surface area contributed by atoms with Gasteiger partial charge in [-0.1, -0.05) is 12.1 Å². The van der Waals surface area contributed by atoms with Crippen molar-refractivity contribution in [3.63, 3.8) is 0 Å². The number of ether oxygens (including phenoxy) is 1. The van der Waals surface area contributed by atoms with E-state index in [1.165, 1.54) is 5.56 Å². The molecule has 0 radical (unpaired) electrons. The van der Waals surface area contributed by atoms with E-state index >= 15 is 0 Å². The summed E-state index contributed by atoms with van der Waals surface area (Å²) in [7, 11) is 1.67. The van der Waals surface area contributed by atoms with Crippen LogP contribution < -0.4 is 10.1 Å². The van der Waals surface area contributed by atoms with Crippen molar-refractivity contribution in [2.45, 2.75) is 33.0 Å². The third-order valence-corrected chi connectivity index (χ3v) is 3.18. The maximum atomic E-state index is 5.16. The van der Waals surface area contributed by atoms with Crippen LogP contribution in [0.1, 0.15) is 31.3 Å². The zero-order valence-electron chi connectivity index (χ0n) is 11.6. The van der Waals surface area contributed by atoms with E-state index in [4.69, 9.17) is 4.74 Å². The van der Waals surface area contributed by atoms with E-state index in [-0.39, 0.29) is 6.04 Å². The van der Waals surface area contributed by atoms with Crippen molar-refractivity contribution < 1.29 is 4.74 Å². The molecule has 0 fully saturated rings. The molecule has 1 aromatic carbocycles. The van der Waals surface area contributed by atoms with Gasteiger partial charge in [0, 0.05) is 12.6 Å². The molecule has 5 nitrogen and oxygen atoms in total. The lowest BCUT2D eigenvalue weighted by Crippen LogP contribution is -2.20. The number of nitrogens with one attached hydrogen (secondary N) is 1. The Morgan fingerprint density at radius 3 is 2.68 bits per heavy atom. The van der Waals surface area contributed by atoms with Crippen molar-refractivity contribution in [2.24, 2.45) is 0 Å². The lowest BCUT2D eigenvalue weighted by molar-refractivity contribution is 0.414. The summed E-state index contributed by atoms with van der Waals surface area (Å²) in [6, 6.07) is 8.35. The molecule has 1 N–H and O–H groups in total. The average molecular weight is 260 g/mol. The van der Waals surface area contributed by atoms with Gasteiger partial charge in [0.05, 0.1) is 13.7 Å². The standard InChI is InChI=1S/C14H20N4O/c1-4-18-14(16-10-17-18)9-15-11(2)12-5-7-13(19-3)8-6-12/h5-8,10-11,15H,4,9H2,1-3H3/t11-/m1/s1. The number of hydrogen-bond acceptors (Lipinski definition) is 4. The maximum absolute atomic E-state index is 5.16. The summed E-state index contributed by atoms with van der Waals surface area (Å²) in [6.45, 7) is 5.74. The van der Waals surface area contributed by atoms with Gasteiger partial charge in [-0.25, -0.2) is 9.67 Å². The van der Waals surface area contributed by atoms with Crippen LogP contribution in [0.3, 0.4) is 0 Å². The van der Waals surface area contributed by atoms with Gasteiger partial charge in [0.25, 0.3) is 0 Å². The second kappa shape index (κ2) is 6.33. The summed E-state index contributed by atoms with van der Waals surface area (Å²) in [5.41, 5.74) is 1.23. The SMILES string of the molecule is CCn1ncnc1CN[C@H](C)c1ccc(OC)cc1. The van der Waals surface area contributed by atoms with Crippen LogP contribution in [0, 0.1) is 0 Å². The lowest BCUT2D eigenvalue weighted by Gasteiger charge is -2.14. The van der Waals surface area contributed by atoms with Crippen molar-refractivity contribution in [1.82, 2.24) is 20.1 Å². The van der Waals surface area contributed by atoms with Crippen LogP contribution in [-0.2, 0) is 13.1 Å². The highest BCUT2D eigenvalue weighted by molar-refractivity contribution is 5.28. The van der Waals surface area contributed by atoms with E-state index in [9.17, 15) is 0 Å². The molecule has 1 aromatic heterocycles. The minimum Gasteiger partial charge on any atom is -0.497 e. The molecule has 102 valence electrons. The molecule has 0 aliphatic rings. The predicted molar refractivity (Wildman–Crippen MR) is 73.9 cm³/mol. The second-order valence-corrected chi connectivity index (χ2v) is 4.37. The molecule has 2 rings (SSSR count). The van der Waals surface area contributed by atoms with Crippen LogP contribution in [0.2, 0.25) is 0 Å². The first-order chi connectivity index (χ1) is 9.24. The first-order valence-electron chi connectivity index (χ1n) is 6.48. The summed E-state index contributed by atoms with van der Waals surface area (Å²) in [5, 5.41) is 7.61. The molecule has 0 unspecified atom stereocenters. The Bertz CT molecular complexity index is 506. The van der Waals surface area contributed by atoms with Crippen molar-refractivity contribution in [2.75, 3.05) is 7.11 Å². The Morgan fingerprint density at radius 1 is 1.32 bits per heavy atom. The molecule has 0 saturated heterocycles. The van der Waals surface area contributed by atoms with Gasteiger partial charge in [0.1, 0.15) is 17.9 Å². The summed E-state index contributed by atoms with van der Waals surface area (Å²) < 4.78 is 7.05. The Hall–Kier alpha value is -1.88. The Morgan fingerprint density at radius 2 is 2.05 bits per heavy atom. The lowest BCUT2D eigenvalue weighted by atomic mass is 10.1. The number of benzene rings is 1. The molecule has 19 heavy (non-hydrogen) atoms. The van der Waals surface area contributed by atoms with Crippen LogP contribution in [0.25, 0.3) is 0 Å². The normalized spacial score (nSPS) is 12.4. The van der Waals surface area contributed by atoms with Gasteiger partial charge in [-0.15, -0.1) is 0 Å². The maximum Gasteiger partial charge on any atom is 0.140 e. The number of methoxy groups -OCH3 is 1. The number of nitrogens with zero attached hydrogens (tertiary/aromatic N) is 3. The highest BCUT2D eigenvalue weighted by Crippen LogP contribution is 2.17. The molecule has 5 heteroatoms. The predicted octanol–water partition coefficient (Wildman–Crippen LogP) is 2.16. The van der Waals surface area contributed by atoms with Crippen molar-refractivity contribution >= 4 is 0 Å². The summed E-state index contributed by atoms with van der Waals surface area (Å²) >= 11 is 0. The van der Waals surface area contributed by atoms with E-state index in [1.54, 1.807) is 13.4 Å². The zero-order valence-corrected chi connectivity index (χ0v) is 11.6. The summed E-state index contributed by atoms with van der Waals surface area (Å²) in [5.74, 6) is 1.84. The van der Waals surface area contributed by atoms with E-state index in [2.05, 4.69) is 41.4 Å². The molecule has 0 aliphatic carbocycles. The fraction of sp³-hybridized carbons (Fsp3) is 0.429. The number of hydrogen-bond donors (Lipinski definition) is 1. The van der Waals surface area contributed by atoms with E-state index in [0.717, 1.165) is 18.1 Å². The van der Waals surface area contributed by atoms with Crippen molar-refractivity contribution in [3.8, 4) is 5.75 Å². The minimum absolute atomic E-state index is 0.257. The quantitative estimate of drug-likeness (QED) is 0.864. The average Bonchev–Trinajstić information content (AvgIpc) is 2.92. The first kappa shape index (κ1) is 13.5. The van der Waals surface area contributed by atoms with Crippen LogP contribution in [0.15, 0.2) is 30.6 Å². The third kappa shape index (κ3) is 3.32. The highest BCUT2D eigenvalue weighted by atomic mass is 16.5. The molecule has 2 aromatic rings. The van der Waals surface area contributed by atoms with Gasteiger partial charge in [0.15, 0.2) is 0 Å². The second-order valence-electron chi connectivity index (χ2n) is 4.37. The van der Waals surface area contributed by atoms with Crippen LogP contribution in [0.5, 0.6) is 5.75 Å². The van der Waals surface area contributed by atoms with E-state index < -0.39 is 0 Å². The van der Waals surface area contributed by atoms with E-state index in [1.807, 2.05) is 16.8 Å². The first-order valence-corrected chi connectivity index (χ1v) is 6.48. The summed E-state index contributed by atoms with van der Waals surface area (Å²) in [6.07, 6.45) is 1.60. The molecular formula is C14H20N4O. The smallest absolute Gasteiger partial charge is 0.140 e. The Labute approximate surface area is 113 Å². The van der Waals surface area contributed by atoms with Crippen LogP contribution in [-0.4, -0.2) is 21.9 Å². The Balaban J connectivity index is 1.95. The molecular weight excluding hydrogens is 240 g/mol. The topological polar surface area (TPSA) is 52.0 Å². The minimum atomic E-state index is 0.257. The van der Waals surface area contributed by atoms with Gasteiger partial charge >= 0.3 is 0 Å². The highest BCUT2D eigenvalue weighted by Gasteiger charge is 2.07. The fourth-order valence-corrected chi connectivity index (χ4v) is 1.94. The molecule has 1 heterocycles.